The van der Waals surface area contributed by atoms with Gasteiger partial charge in [0.25, 0.3) is 0 Å². The van der Waals surface area contributed by atoms with Gasteiger partial charge in [-0.2, -0.15) is 4.98 Å². The van der Waals surface area contributed by atoms with Crippen LogP contribution in [0.3, 0.4) is 0 Å². The smallest absolute Gasteiger partial charge is 0.329 e. The van der Waals surface area contributed by atoms with Gasteiger partial charge in [-0.1, -0.05) is 0 Å². The summed E-state index contributed by atoms with van der Waals surface area (Å²) in [7, 11) is 3.22. The largest absolute Gasteiger partial charge is 0.354 e. The maximum atomic E-state index is 11.8. The Hall–Kier alpha value is -2.45. The number of nitrogens with zero attached hydrogens (tertiary/aromatic N) is 4. The van der Waals surface area contributed by atoms with Crippen molar-refractivity contribution < 1.29 is 9.72 Å². The molecule has 0 aliphatic rings. The van der Waals surface area contributed by atoms with Gasteiger partial charge in [-0.25, -0.2) is 4.98 Å². The Morgan fingerprint density at radius 3 is 2.70 bits per heavy atom. The van der Waals surface area contributed by atoms with E-state index in [4.69, 9.17) is 0 Å². The van der Waals surface area contributed by atoms with Crippen molar-refractivity contribution in [3.63, 3.8) is 0 Å². The van der Waals surface area contributed by atoms with E-state index in [1.54, 1.807) is 21.0 Å². The van der Waals surface area contributed by atoms with Gasteiger partial charge in [-0.15, -0.1) is 0 Å². The van der Waals surface area contributed by atoms with Gasteiger partial charge in [0.2, 0.25) is 17.7 Å². The van der Waals surface area contributed by atoms with E-state index in [0.29, 0.717) is 6.54 Å². The van der Waals surface area contributed by atoms with E-state index in [1.807, 2.05) is 6.92 Å². The zero-order valence-electron chi connectivity index (χ0n) is 11.9. The molecular formula is C11H18N6O3. The van der Waals surface area contributed by atoms with Gasteiger partial charge in [-0.3, -0.25) is 14.9 Å². The standard InChI is InChI=1S/C11H18N6O3/c1-5-12-11-13-6-8(17(19)20)9(15-11)14-7(2)10(18)16(3)4/h6-7H,5H2,1-4H3,(H2,12,13,14,15). The molecule has 0 aromatic carbocycles. The third-order valence-corrected chi connectivity index (χ3v) is 2.47. The lowest BCUT2D eigenvalue weighted by Crippen LogP contribution is -2.37. The van der Waals surface area contributed by atoms with E-state index in [0.717, 1.165) is 6.20 Å². The number of nitro groups is 1. The molecular weight excluding hydrogens is 264 g/mol. The number of hydrogen-bond acceptors (Lipinski definition) is 7. The number of anilines is 2. The predicted molar refractivity (Wildman–Crippen MR) is 74.6 cm³/mol. The molecule has 0 aliphatic heterocycles. The second-order valence-corrected chi connectivity index (χ2v) is 4.31. The fourth-order valence-corrected chi connectivity index (χ4v) is 1.51. The van der Waals surface area contributed by atoms with E-state index >= 15 is 0 Å². The fourth-order valence-electron chi connectivity index (χ4n) is 1.51. The zero-order valence-corrected chi connectivity index (χ0v) is 11.9. The number of hydrogen-bond donors (Lipinski definition) is 2. The molecule has 0 saturated carbocycles. The first-order chi connectivity index (χ1) is 9.36. The number of carbonyl (C=O) groups excluding carboxylic acids is 1. The third-order valence-electron chi connectivity index (χ3n) is 2.47. The van der Waals surface area contributed by atoms with Gasteiger partial charge in [0, 0.05) is 20.6 Å². The summed E-state index contributed by atoms with van der Waals surface area (Å²) in [6.45, 7) is 4.06. The molecule has 0 bridgehead atoms. The minimum atomic E-state index is -0.631. The summed E-state index contributed by atoms with van der Waals surface area (Å²) in [5.41, 5.74) is -0.273. The predicted octanol–water partition coefficient (Wildman–Crippen LogP) is 0.705. The van der Waals surface area contributed by atoms with Crippen LogP contribution in [-0.4, -0.2) is 52.4 Å². The number of likely N-dealkylation sites (N-methyl/N-ethyl adjacent to an activating group) is 1. The average molecular weight is 282 g/mol. The van der Waals surface area contributed by atoms with Gasteiger partial charge in [-0.05, 0) is 13.8 Å². The highest BCUT2D eigenvalue weighted by atomic mass is 16.6. The van der Waals surface area contributed by atoms with Gasteiger partial charge >= 0.3 is 5.69 Å². The van der Waals surface area contributed by atoms with Gasteiger partial charge in [0.1, 0.15) is 12.2 Å². The Morgan fingerprint density at radius 1 is 1.55 bits per heavy atom. The molecule has 2 N–H and O–H groups in total. The zero-order chi connectivity index (χ0) is 15.3. The van der Waals surface area contributed by atoms with Crippen molar-refractivity contribution in [3.8, 4) is 0 Å². The maximum absolute atomic E-state index is 11.8. The lowest BCUT2D eigenvalue weighted by atomic mass is 10.3. The van der Waals surface area contributed by atoms with E-state index in [2.05, 4.69) is 20.6 Å². The molecule has 20 heavy (non-hydrogen) atoms. The number of nitrogens with one attached hydrogen (secondary N) is 2. The Bertz CT molecular complexity index is 505. The maximum Gasteiger partial charge on any atom is 0.329 e. The molecule has 110 valence electrons. The SMILES string of the molecule is CCNc1ncc([N+](=O)[O-])c(NC(C)C(=O)N(C)C)n1. The van der Waals surface area contributed by atoms with Crippen LogP contribution in [0.5, 0.6) is 0 Å². The highest BCUT2D eigenvalue weighted by Crippen LogP contribution is 2.22. The second kappa shape index (κ2) is 6.64. The molecule has 1 heterocycles. The molecule has 9 nitrogen and oxygen atoms in total. The first kappa shape index (κ1) is 15.6. The highest BCUT2D eigenvalue weighted by Gasteiger charge is 2.22. The molecule has 0 aliphatic carbocycles. The van der Waals surface area contributed by atoms with E-state index in [-0.39, 0.29) is 23.4 Å². The molecule has 0 spiro atoms. The van der Waals surface area contributed by atoms with Crippen LogP contribution in [0.4, 0.5) is 17.5 Å². The van der Waals surface area contributed by atoms with E-state index < -0.39 is 11.0 Å². The average Bonchev–Trinajstić information content (AvgIpc) is 2.37. The molecule has 0 radical (unpaired) electrons. The lowest BCUT2D eigenvalue weighted by Gasteiger charge is -2.18. The van der Waals surface area contributed by atoms with Gasteiger partial charge < -0.3 is 15.5 Å². The number of aromatic nitrogens is 2. The van der Waals surface area contributed by atoms with Crippen molar-refractivity contribution >= 4 is 23.4 Å². The lowest BCUT2D eigenvalue weighted by molar-refractivity contribution is -0.384. The molecule has 0 saturated heterocycles. The molecule has 1 aromatic rings. The Morgan fingerprint density at radius 2 is 2.20 bits per heavy atom. The van der Waals surface area contributed by atoms with Crippen molar-refractivity contribution in [1.29, 1.82) is 0 Å². The van der Waals surface area contributed by atoms with Gasteiger partial charge in [0.05, 0.1) is 4.92 Å². The van der Waals surface area contributed by atoms with Crippen LogP contribution in [0, 0.1) is 10.1 Å². The van der Waals surface area contributed by atoms with Crippen LogP contribution >= 0.6 is 0 Å². The molecule has 1 unspecified atom stereocenters. The minimum Gasteiger partial charge on any atom is -0.354 e. The Balaban J connectivity index is 3.03. The van der Waals surface area contributed by atoms with Gasteiger partial charge in [0.15, 0.2) is 0 Å². The van der Waals surface area contributed by atoms with E-state index in [1.165, 1.54) is 4.90 Å². The molecule has 1 amide bonds. The summed E-state index contributed by atoms with van der Waals surface area (Å²) in [4.78, 5) is 31.4. The van der Waals surface area contributed by atoms with Crippen molar-refractivity contribution in [1.82, 2.24) is 14.9 Å². The highest BCUT2D eigenvalue weighted by molar-refractivity contribution is 5.84. The Kier molecular flexibility index (Phi) is 5.18. The molecule has 1 atom stereocenters. The topological polar surface area (TPSA) is 113 Å². The van der Waals surface area contributed by atoms with Crippen LogP contribution in [0.25, 0.3) is 0 Å². The fraction of sp³-hybridized carbons (Fsp3) is 0.545. The second-order valence-electron chi connectivity index (χ2n) is 4.31. The summed E-state index contributed by atoms with van der Waals surface area (Å²) < 4.78 is 0. The normalized spacial score (nSPS) is 11.6. The van der Waals surface area contributed by atoms with Crippen LogP contribution in [0.15, 0.2) is 6.20 Å². The molecule has 9 heteroatoms. The third kappa shape index (κ3) is 3.77. The van der Waals surface area contributed by atoms with Crippen molar-refractivity contribution in [2.45, 2.75) is 19.9 Å². The van der Waals surface area contributed by atoms with Crippen LogP contribution < -0.4 is 10.6 Å². The number of amides is 1. The summed E-state index contributed by atoms with van der Waals surface area (Å²) in [6.07, 6.45) is 1.11. The first-order valence-corrected chi connectivity index (χ1v) is 6.09. The van der Waals surface area contributed by atoms with Crippen LogP contribution in [0.1, 0.15) is 13.8 Å². The monoisotopic (exact) mass is 282 g/mol. The summed E-state index contributed by atoms with van der Waals surface area (Å²) >= 11 is 0. The first-order valence-electron chi connectivity index (χ1n) is 6.09. The minimum absolute atomic E-state index is 0.0173. The number of rotatable bonds is 6. The van der Waals surface area contributed by atoms with E-state index in [9.17, 15) is 14.9 Å². The summed E-state index contributed by atoms with van der Waals surface area (Å²) in [6, 6.07) is -0.631. The number of carbonyl (C=O) groups is 1. The molecule has 0 fully saturated rings. The van der Waals surface area contributed by atoms with Crippen molar-refractivity contribution in [3.05, 3.63) is 16.3 Å². The Labute approximate surface area is 116 Å². The van der Waals surface area contributed by atoms with Crippen LogP contribution in [0.2, 0.25) is 0 Å². The summed E-state index contributed by atoms with van der Waals surface area (Å²) in [5, 5.41) is 16.6. The summed E-state index contributed by atoms with van der Waals surface area (Å²) in [5.74, 6) is 0.0802. The molecule has 1 rings (SSSR count). The van der Waals surface area contributed by atoms with Crippen molar-refractivity contribution in [2.75, 3.05) is 31.3 Å². The van der Waals surface area contributed by atoms with Crippen LogP contribution in [-0.2, 0) is 4.79 Å². The quantitative estimate of drug-likeness (QED) is 0.583. The van der Waals surface area contributed by atoms with Crippen molar-refractivity contribution in [2.24, 2.45) is 0 Å². The molecule has 1 aromatic heterocycles.